The Labute approximate surface area is 100 Å². The zero-order chi connectivity index (χ0) is 11.4. The first-order chi connectivity index (χ1) is 7.06. The third kappa shape index (κ3) is 3.10. The van der Waals surface area contributed by atoms with Crippen LogP contribution in [0.3, 0.4) is 0 Å². The van der Waals surface area contributed by atoms with Crippen LogP contribution in [0.1, 0.15) is 18.0 Å². The van der Waals surface area contributed by atoms with E-state index in [4.69, 9.17) is 28.5 Å². The molecule has 0 bridgehead atoms. The molecule has 1 aromatic carbocycles. The van der Waals surface area contributed by atoms with Crippen LogP contribution < -0.4 is 0 Å². The molecule has 0 aromatic heterocycles. The monoisotopic (exact) mass is 242 g/mol. The van der Waals surface area contributed by atoms with Crippen LogP contribution >= 0.6 is 23.2 Å². The summed E-state index contributed by atoms with van der Waals surface area (Å²) < 4.78 is 0. The van der Waals surface area contributed by atoms with E-state index < -0.39 is 0 Å². The summed E-state index contributed by atoms with van der Waals surface area (Å²) >= 11 is 11.9. The van der Waals surface area contributed by atoms with Gasteiger partial charge in [-0.2, -0.15) is 5.26 Å². The summed E-state index contributed by atoms with van der Waals surface area (Å²) in [4.78, 5) is 1.97. The smallest absolute Gasteiger partial charge is 0.0641 e. The zero-order valence-electron chi connectivity index (χ0n) is 8.67. The minimum Gasteiger partial charge on any atom is -0.301 e. The van der Waals surface area contributed by atoms with Crippen LogP contribution in [0, 0.1) is 11.3 Å². The fraction of sp³-hybridized carbons (Fsp3) is 0.364. The molecule has 0 amide bonds. The van der Waals surface area contributed by atoms with Crippen LogP contribution in [0.15, 0.2) is 18.2 Å². The largest absolute Gasteiger partial charge is 0.301 e. The van der Waals surface area contributed by atoms with Gasteiger partial charge in [-0.25, -0.2) is 0 Å². The van der Waals surface area contributed by atoms with Crippen molar-refractivity contribution in [2.24, 2.45) is 0 Å². The van der Waals surface area contributed by atoms with Crippen molar-refractivity contribution < 1.29 is 0 Å². The molecule has 0 aliphatic rings. The van der Waals surface area contributed by atoms with Crippen molar-refractivity contribution in [3.8, 4) is 6.07 Å². The van der Waals surface area contributed by atoms with E-state index in [0.29, 0.717) is 16.5 Å². The van der Waals surface area contributed by atoms with Crippen molar-refractivity contribution in [2.75, 3.05) is 14.1 Å². The molecule has 0 radical (unpaired) electrons. The Morgan fingerprint density at radius 3 is 2.53 bits per heavy atom. The highest BCUT2D eigenvalue weighted by Gasteiger charge is 2.16. The Hall–Kier alpha value is -0.750. The van der Waals surface area contributed by atoms with Gasteiger partial charge in [-0.15, -0.1) is 0 Å². The van der Waals surface area contributed by atoms with Gasteiger partial charge in [-0.1, -0.05) is 29.3 Å². The average Bonchev–Trinajstić information content (AvgIpc) is 2.15. The second kappa shape index (κ2) is 5.37. The van der Waals surface area contributed by atoms with Crippen LogP contribution in [-0.4, -0.2) is 19.0 Å². The van der Waals surface area contributed by atoms with E-state index in [0.717, 1.165) is 5.56 Å². The highest BCUT2D eigenvalue weighted by Crippen LogP contribution is 2.30. The molecule has 0 saturated heterocycles. The van der Waals surface area contributed by atoms with Gasteiger partial charge in [0, 0.05) is 16.1 Å². The molecule has 0 spiro atoms. The summed E-state index contributed by atoms with van der Waals surface area (Å²) in [7, 11) is 3.85. The number of nitriles is 1. The Kier molecular flexibility index (Phi) is 4.41. The van der Waals surface area contributed by atoms with Crippen molar-refractivity contribution in [3.63, 3.8) is 0 Å². The minimum atomic E-state index is 0.0137. The lowest BCUT2D eigenvalue weighted by Crippen LogP contribution is -2.19. The molecule has 0 saturated carbocycles. The van der Waals surface area contributed by atoms with Crippen molar-refractivity contribution in [1.29, 1.82) is 5.26 Å². The van der Waals surface area contributed by atoms with Crippen LogP contribution in [0.2, 0.25) is 10.0 Å². The SMILES string of the molecule is CN(C)C(CC#N)c1ccc(Cl)cc1Cl. The van der Waals surface area contributed by atoms with E-state index in [2.05, 4.69) is 6.07 Å². The van der Waals surface area contributed by atoms with E-state index in [1.807, 2.05) is 25.1 Å². The summed E-state index contributed by atoms with van der Waals surface area (Å²) in [5.74, 6) is 0. The molecule has 1 atom stereocenters. The number of rotatable bonds is 3. The minimum absolute atomic E-state index is 0.0137. The summed E-state index contributed by atoms with van der Waals surface area (Å²) in [6.45, 7) is 0. The van der Waals surface area contributed by atoms with Gasteiger partial charge in [0.15, 0.2) is 0 Å². The first-order valence-corrected chi connectivity index (χ1v) is 5.30. The molecule has 0 heterocycles. The second-order valence-electron chi connectivity index (χ2n) is 3.51. The molecule has 0 fully saturated rings. The van der Waals surface area contributed by atoms with E-state index in [1.165, 1.54) is 0 Å². The molecule has 2 nitrogen and oxygen atoms in total. The summed E-state index contributed by atoms with van der Waals surface area (Å²) in [5, 5.41) is 9.96. The number of nitrogens with zero attached hydrogens (tertiary/aromatic N) is 2. The summed E-state index contributed by atoms with van der Waals surface area (Å²) in [6.07, 6.45) is 0.411. The van der Waals surface area contributed by atoms with E-state index in [-0.39, 0.29) is 6.04 Å². The van der Waals surface area contributed by atoms with Crippen LogP contribution in [0.4, 0.5) is 0 Å². The number of hydrogen-bond acceptors (Lipinski definition) is 2. The summed E-state index contributed by atoms with van der Waals surface area (Å²) in [6, 6.07) is 7.53. The van der Waals surface area contributed by atoms with Gasteiger partial charge in [0.2, 0.25) is 0 Å². The van der Waals surface area contributed by atoms with Crippen molar-refractivity contribution in [1.82, 2.24) is 4.90 Å². The van der Waals surface area contributed by atoms with Gasteiger partial charge in [0.05, 0.1) is 12.5 Å². The zero-order valence-corrected chi connectivity index (χ0v) is 10.2. The van der Waals surface area contributed by atoms with Crippen molar-refractivity contribution in [3.05, 3.63) is 33.8 Å². The molecular formula is C11H12Cl2N2. The van der Waals surface area contributed by atoms with Gasteiger partial charge in [-0.05, 0) is 31.8 Å². The number of halogens is 2. The number of hydrogen-bond donors (Lipinski definition) is 0. The van der Waals surface area contributed by atoms with E-state index in [9.17, 15) is 0 Å². The van der Waals surface area contributed by atoms with Crippen LogP contribution in [0.25, 0.3) is 0 Å². The van der Waals surface area contributed by atoms with Crippen molar-refractivity contribution >= 4 is 23.2 Å². The maximum absolute atomic E-state index is 8.75. The second-order valence-corrected chi connectivity index (χ2v) is 4.35. The quantitative estimate of drug-likeness (QED) is 0.812. The molecule has 1 unspecified atom stereocenters. The summed E-state index contributed by atoms with van der Waals surface area (Å²) in [5.41, 5.74) is 0.938. The third-order valence-electron chi connectivity index (χ3n) is 2.23. The maximum atomic E-state index is 8.75. The van der Waals surface area contributed by atoms with Gasteiger partial charge in [0.1, 0.15) is 0 Å². The fourth-order valence-corrected chi connectivity index (χ4v) is 1.96. The Balaban J connectivity index is 3.07. The number of benzene rings is 1. The first-order valence-electron chi connectivity index (χ1n) is 4.54. The van der Waals surface area contributed by atoms with E-state index >= 15 is 0 Å². The lowest BCUT2D eigenvalue weighted by atomic mass is 10.0. The van der Waals surface area contributed by atoms with Gasteiger partial charge in [-0.3, -0.25) is 0 Å². The fourth-order valence-electron chi connectivity index (χ4n) is 1.43. The lowest BCUT2D eigenvalue weighted by Gasteiger charge is -2.23. The molecule has 4 heteroatoms. The van der Waals surface area contributed by atoms with Crippen molar-refractivity contribution in [2.45, 2.75) is 12.5 Å². The topological polar surface area (TPSA) is 27.0 Å². The van der Waals surface area contributed by atoms with Gasteiger partial charge in [0.25, 0.3) is 0 Å². The average molecular weight is 243 g/mol. The molecular weight excluding hydrogens is 231 g/mol. The lowest BCUT2D eigenvalue weighted by molar-refractivity contribution is 0.303. The predicted molar refractivity (Wildman–Crippen MR) is 63.1 cm³/mol. The highest BCUT2D eigenvalue weighted by atomic mass is 35.5. The molecule has 0 N–H and O–H groups in total. The van der Waals surface area contributed by atoms with Gasteiger partial charge < -0.3 is 4.90 Å². The standard InChI is InChI=1S/C11H12Cl2N2/c1-15(2)11(5-6-14)9-4-3-8(12)7-10(9)13/h3-4,7,11H,5H2,1-2H3. The maximum Gasteiger partial charge on any atom is 0.0641 e. The Morgan fingerprint density at radius 1 is 1.40 bits per heavy atom. The highest BCUT2D eigenvalue weighted by molar-refractivity contribution is 6.35. The molecule has 80 valence electrons. The van der Waals surface area contributed by atoms with Crippen LogP contribution in [0.5, 0.6) is 0 Å². The Bertz CT molecular complexity index is 383. The Morgan fingerprint density at radius 2 is 2.07 bits per heavy atom. The molecule has 0 aliphatic carbocycles. The molecule has 1 aromatic rings. The van der Waals surface area contributed by atoms with Gasteiger partial charge >= 0.3 is 0 Å². The normalized spacial score (nSPS) is 12.5. The van der Waals surface area contributed by atoms with E-state index in [1.54, 1.807) is 12.1 Å². The first kappa shape index (κ1) is 12.3. The molecule has 0 aliphatic heterocycles. The third-order valence-corrected chi connectivity index (χ3v) is 2.79. The molecule has 15 heavy (non-hydrogen) atoms. The van der Waals surface area contributed by atoms with Crippen LogP contribution in [-0.2, 0) is 0 Å². The predicted octanol–water partition coefficient (Wildman–Crippen LogP) is 3.51. The molecule has 1 rings (SSSR count).